The number of aromatic amines is 1. The lowest BCUT2D eigenvalue weighted by Gasteiger charge is -2.32. The number of benzene rings is 1. The van der Waals surface area contributed by atoms with Crippen molar-refractivity contribution in [3.63, 3.8) is 0 Å². The smallest absolute Gasteiger partial charge is 0.252 e. The van der Waals surface area contributed by atoms with Gasteiger partial charge in [0.05, 0.1) is 0 Å². The highest BCUT2D eigenvalue weighted by molar-refractivity contribution is 6.31. The Morgan fingerprint density at radius 2 is 1.97 bits per heavy atom. The first-order valence-corrected chi connectivity index (χ1v) is 11.4. The quantitative estimate of drug-likeness (QED) is 0.533. The summed E-state index contributed by atoms with van der Waals surface area (Å²) in [5.74, 6) is 0.592. The van der Waals surface area contributed by atoms with Crippen molar-refractivity contribution in [3.8, 4) is 0 Å². The van der Waals surface area contributed by atoms with Crippen LogP contribution in [0.2, 0.25) is 5.02 Å². The molecule has 7 heteroatoms. The molecule has 1 aromatic heterocycles. The average molecular weight is 448 g/mol. The van der Waals surface area contributed by atoms with Gasteiger partial charge in [0, 0.05) is 60.4 Å². The Labute approximate surface area is 189 Å². The molecule has 1 aliphatic heterocycles. The van der Waals surface area contributed by atoms with Crippen molar-refractivity contribution < 1.29 is 9.84 Å². The van der Waals surface area contributed by atoms with E-state index in [9.17, 15) is 9.90 Å². The third-order valence-electron chi connectivity index (χ3n) is 6.19. The molecule has 1 aliphatic rings. The first kappa shape index (κ1) is 23.8. The number of nitrogens with one attached hydrogen (secondary N) is 2. The molecule has 3 rings (SSSR count). The molecule has 31 heavy (non-hydrogen) atoms. The Hall–Kier alpha value is -1.86. The fraction of sp³-hybridized carbons (Fsp3) is 0.542. The topological polar surface area (TPSA) is 77.6 Å². The third-order valence-corrected chi connectivity index (χ3v) is 6.41. The van der Waals surface area contributed by atoms with Crippen LogP contribution in [-0.2, 0) is 11.3 Å². The molecule has 0 bridgehead atoms. The van der Waals surface area contributed by atoms with Gasteiger partial charge >= 0.3 is 0 Å². The van der Waals surface area contributed by atoms with Gasteiger partial charge in [-0.15, -0.1) is 0 Å². The minimum atomic E-state index is -0.931. The lowest BCUT2D eigenvalue weighted by Crippen LogP contribution is -2.33. The molecule has 3 N–H and O–H groups in total. The largest absolute Gasteiger partial charge is 0.381 e. The van der Waals surface area contributed by atoms with Crippen LogP contribution in [0.5, 0.6) is 0 Å². The second kappa shape index (κ2) is 10.6. The van der Waals surface area contributed by atoms with Gasteiger partial charge in [-0.1, -0.05) is 11.6 Å². The molecule has 0 spiro atoms. The van der Waals surface area contributed by atoms with Crippen molar-refractivity contribution >= 4 is 17.3 Å². The number of pyridine rings is 1. The SMILES string of the molecule is CCN(CC1CCOCC1)c1cc(Cl)cc(C(O)NCc2c(C)cc(C)[nH]c2=O)c1C. The van der Waals surface area contributed by atoms with Crippen LogP contribution in [0.1, 0.15) is 53.9 Å². The highest BCUT2D eigenvalue weighted by atomic mass is 35.5. The highest BCUT2D eigenvalue weighted by Gasteiger charge is 2.21. The zero-order valence-corrected chi connectivity index (χ0v) is 19.7. The number of ether oxygens (including phenoxy) is 1. The number of halogens is 1. The summed E-state index contributed by atoms with van der Waals surface area (Å²) in [5, 5.41) is 14.6. The highest BCUT2D eigenvalue weighted by Crippen LogP contribution is 2.32. The maximum atomic E-state index is 12.3. The number of anilines is 1. The number of rotatable bonds is 8. The fourth-order valence-corrected chi connectivity index (χ4v) is 4.57. The summed E-state index contributed by atoms with van der Waals surface area (Å²) in [6.45, 7) is 11.6. The summed E-state index contributed by atoms with van der Waals surface area (Å²) in [6.07, 6.45) is 1.20. The summed E-state index contributed by atoms with van der Waals surface area (Å²) >= 11 is 6.45. The fourth-order valence-electron chi connectivity index (χ4n) is 4.35. The van der Waals surface area contributed by atoms with E-state index in [1.54, 1.807) is 6.07 Å². The molecule has 1 aromatic carbocycles. The first-order chi connectivity index (χ1) is 14.8. The number of aromatic nitrogens is 1. The lowest BCUT2D eigenvalue weighted by atomic mass is 9.98. The van der Waals surface area contributed by atoms with Gasteiger partial charge in [-0.25, -0.2) is 0 Å². The van der Waals surface area contributed by atoms with E-state index in [-0.39, 0.29) is 12.1 Å². The summed E-state index contributed by atoms with van der Waals surface area (Å²) in [4.78, 5) is 17.4. The van der Waals surface area contributed by atoms with Gasteiger partial charge < -0.3 is 19.7 Å². The van der Waals surface area contributed by atoms with Crippen LogP contribution in [0.3, 0.4) is 0 Å². The monoisotopic (exact) mass is 447 g/mol. The van der Waals surface area contributed by atoms with Crippen molar-refractivity contribution in [1.82, 2.24) is 10.3 Å². The van der Waals surface area contributed by atoms with Crippen molar-refractivity contribution in [2.75, 3.05) is 31.2 Å². The van der Waals surface area contributed by atoms with Crippen molar-refractivity contribution in [1.29, 1.82) is 0 Å². The zero-order chi connectivity index (χ0) is 22.5. The predicted molar refractivity (Wildman–Crippen MR) is 126 cm³/mol. The van der Waals surface area contributed by atoms with Gasteiger partial charge in [-0.3, -0.25) is 10.1 Å². The van der Waals surface area contributed by atoms with E-state index in [2.05, 4.69) is 22.1 Å². The van der Waals surface area contributed by atoms with Crippen LogP contribution < -0.4 is 15.8 Å². The minimum absolute atomic E-state index is 0.130. The van der Waals surface area contributed by atoms with Crippen LogP contribution in [-0.4, -0.2) is 36.4 Å². The van der Waals surface area contributed by atoms with Gasteiger partial charge in [0.1, 0.15) is 6.23 Å². The van der Waals surface area contributed by atoms with Crippen LogP contribution in [0, 0.1) is 26.7 Å². The zero-order valence-electron chi connectivity index (χ0n) is 18.9. The summed E-state index contributed by atoms with van der Waals surface area (Å²) in [7, 11) is 0. The predicted octanol–water partition coefficient (Wildman–Crippen LogP) is 3.99. The van der Waals surface area contributed by atoms with Crippen LogP contribution in [0.15, 0.2) is 23.0 Å². The Morgan fingerprint density at radius 1 is 1.26 bits per heavy atom. The standard InChI is InChI=1S/C24H34ClN3O3/c1-5-28(14-18-6-8-31-9-7-18)22-12-19(25)11-20(17(22)4)23(29)26-13-21-15(2)10-16(3)27-24(21)30/h10-12,18,23,26,29H,5-9,13-14H2,1-4H3,(H,27,30). The lowest BCUT2D eigenvalue weighted by molar-refractivity contribution is 0.0682. The van der Waals surface area contributed by atoms with Crippen molar-refractivity contribution in [2.45, 2.75) is 53.3 Å². The van der Waals surface area contributed by atoms with E-state index in [0.717, 1.165) is 67.2 Å². The number of hydrogen-bond acceptors (Lipinski definition) is 5. The molecule has 2 aromatic rings. The first-order valence-electron chi connectivity index (χ1n) is 11.0. The van der Waals surface area contributed by atoms with E-state index >= 15 is 0 Å². The number of aryl methyl sites for hydroxylation is 2. The molecular formula is C24H34ClN3O3. The van der Waals surface area contributed by atoms with Crippen molar-refractivity contribution in [3.05, 3.63) is 61.5 Å². The van der Waals surface area contributed by atoms with Gasteiger partial charge in [-0.05, 0) is 75.8 Å². The Morgan fingerprint density at radius 3 is 2.61 bits per heavy atom. The summed E-state index contributed by atoms with van der Waals surface area (Å²) in [6, 6.07) is 5.71. The molecule has 170 valence electrons. The van der Waals surface area contributed by atoms with Gasteiger partial charge in [0.15, 0.2) is 0 Å². The second-order valence-electron chi connectivity index (χ2n) is 8.46. The minimum Gasteiger partial charge on any atom is -0.381 e. The molecule has 0 amide bonds. The summed E-state index contributed by atoms with van der Waals surface area (Å²) < 4.78 is 5.50. The third kappa shape index (κ3) is 5.89. The molecule has 1 saturated heterocycles. The molecular weight excluding hydrogens is 414 g/mol. The van der Waals surface area contributed by atoms with Gasteiger partial charge in [-0.2, -0.15) is 0 Å². The molecule has 6 nitrogen and oxygen atoms in total. The second-order valence-corrected chi connectivity index (χ2v) is 8.90. The van der Waals surface area contributed by atoms with Crippen LogP contribution >= 0.6 is 11.6 Å². The number of aliphatic hydroxyl groups excluding tert-OH is 1. The average Bonchev–Trinajstić information content (AvgIpc) is 2.73. The molecule has 0 radical (unpaired) electrons. The van der Waals surface area contributed by atoms with E-state index in [1.807, 2.05) is 32.9 Å². The Kier molecular flexibility index (Phi) is 8.17. The number of nitrogens with zero attached hydrogens (tertiary/aromatic N) is 1. The molecule has 0 saturated carbocycles. The molecule has 1 unspecified atom stereocenters. The molecule has 2 heterocycles. The normalized spacial score (nSPS) is 15.8. The van der Waals surface area contributed by atoms with Gasteiger partial charge in [0.2, 0.25) is 0 Å². The van der Waals surface area contributed by atoms with Crippen LogP contribution in [0.25, 0.3) is 0 Å². The molecule has 1 atom stereocenters. The number of aliphatic hydroxyl groups is 1. The Bertz CT molecular complexity index is 954. The van der Waals surface area contributed by atoms with E-state index in [1.165, 1.54) is 0 Å². The summed E-state index contributed by atoms with van der Waals surface area (Å²) in [5.41, 5.74) is 4.99. The van der Waals surface area contributed by atoms with E-state index < -0.39 is 6.23 Å². The Balaban J connectivity index is 1.79. The maximum Gasteiger partial charge on any atom is 0.252 e. The maximum absolute atomic E-state index is 12.3. The molecule has 1 fully saturated rings. The van der Waals surface area contributed by atoms with Crippen LogP contribution in [0.4, 0.5) is 5.69 Å². The number of H-pyrrole nitrogens is 1. The van der Waals surface area contributed by atoms with E-state index in [4.69, 9.17) is 16.3 Å². The molecule has 0 aliphatic carbocycles. The number of hydrogen-bond donors (Lipinski definition) is 3. The van der Waals surface area contributed by atoms with Gasteiger partial charge in [0.25, 0.3) is 5.56 Å². The van der Waals surface area contributed by atoms with E-state index in [0.29, 0.717) is 16.5 Å². The van der Waals surface area contributed by atoms with Crippen molar-refractivity contribution in [2.24, 2.45) is 5.92 Å².